The molecule has 1 aromatic heterocycles. The maximum atomic E-state index is 9.33. The van der Waals surface area contributed by atoms with Gasteiger partial charge in [-0.15, -0.1) is 0 Å². The molecule has 0 bridgehead atoms. The minimum Gasteiger partial charge on any atom is -0.300 e. The summed E-state index contributed by atoms with van der Waals surface area (Å²) in [7, 11) is 0. The minimum absolute atomic E-state index is 0.491. The van der Waals surface area contributed by atoms with Gasteiger partial charge in [0, 0.05) is 18.3 Å². The van der Waals surface area contributed by atoms with Crippen LogP contribution in [0.2, 0.25) is 0 Å². The molecule has 0 aliphatic rings. The number of benzene rings is 1. The molecule has 2 rings (SSSR count). The highest BCUT2D eigenvalue weighted by Gasteiger charge is 2.22. The highest BCUT2D eigenvalue weighted by atomic mass is 15.3. The van der Waals surface area contributed by atoms with E-state index in [1.807, 2.05) is 42.2 Å². The molecular formula is C17H22N4. The zero-order valence-corrected chi connectivity index (χ0v) is 12.7. The predicted molar refractivity (Wildman–Crippen MR) is 84.6 cm³/mol. The largest absolute Gasteiger partial charge is 0.300 e. The number of nitrogens with one attached hydrogen (secondary N) is 1. The lowest BCUT2D eigenvalue weighted by atomic mass is 10.00. The Kier molecular flexibility index (Phi) is 5.13. The van der Waals surface area contributed by atoms with Crippen LogP contribution >= 0.6 is 0 Å². The van der Waals surface area contributed by atoms with Crippen molar-refractivity contribution in [2.75, 3.05) is 6.54 Å². The van der Waals surface area contributed by atoms with Gasteiger partial charge in [-0.2, -0.15) is 10.4 Å². The fourth-order valence-corrected chi connectivity index (χ4v) is 2.19. The Morgan fingerprint density at radius 2 is 2.05 bits per heavy atom. The van der Waals surface area contributed by atoms with E-state index in [0.717, 1.165) is 37.1 Å². The van der Waals surface area contributed by atoms with Crippen molar-refractivity contribution in [2.45, 2.75) is 38.8 Å². The minimum atomic E-state index is -0.491. The molecule has 1 aromatic carbocycles. The monoisotopic (exact) mass is 282 g/mol. The normalized spacial score (nSPS) is 13.6. The van der Waals surface area contributed by atoms with E-state index in [1.54, 1.807) is 0 Å². The first-order valence-corrected chi connectivity index (χ1v) is 7.41. The maximum absolute atomic E-state index is 9.33. The third-order valence-corrected chi connectivity index (χ3v) is 3.59. The molecule has 0 aliphatic heterocycles. The standard InChI is InChI=1S/C17H22N4/c1-3-10-19-17(2,14-18)9-11-21-13-16(12-20-21)15-7-5-4-6-8-15/h4-8,12-13,19H,3,9-11H2,1-2H3. The van der Waals surface area contributed by atoms with Crippen molar-refractivity contribution in [2.24, 2.45) is 0 Å². The topological polar surface area (TPSA) is 53.6 Å². The quantitative estimate of drug-likeness (QED) is 0.848. The van der Waals surface area contributed by atoms with E-state index in [-0.39, 0.29) is 0 Å². The van der Waals surface area contributed by atoms with Gasteiger partial charge in [0.2, 0.25) is 0 Å². The van der Waals surface area contributed by atoms with Crippen molar-refractivity contribution in [1.29, 1.82) is 5.26 Å². The molecule has 1 heterocycles. The first-order valence-electron chi connectivity index (χ1n) is 7.41. The molecule has 0 saturated carbocycles. The molecule has 1 N–H and O–H groups in total. The number of nitriles is 1. The van der Waals surface area contributed by atoms with Crippen LogP contribution in [-0.2, 0) is 6.54 Å². The van der Waals surface area contributed by atoms with Gasteiger partial charge in [-0.1, -0.05) is 37.3 Å². The highest BCUT2D eigenvalue weighted by molar-refractivity contribution is 5.61. The molecule has 0 radical (unpaired) electrons. The van der Waals surface area contributed by atoms with Gasteiger partial charge in [-0.25, -0.2) is 0 Å². The molecule has 4 heteroatoms. The molecule has 0 fully saturated rings. The van der Waals surface area contributed by atoms with Crippen LogP contribution in [0.15, 0.2) is 42.7 Å². The van der Waals surface area contributed by atoms with Crippen LogP contribution in [-0.4, -0.2) is 21.9 Å². The lowest BCUT2D eigenvalue weighted by Gasteiger charge is -2.22. The van der Waals surface area contributed by atoms with Gasteiger partial charge >= 0.3 is 0 Å². The van der Waals surface area contributed by atoms with Crippen molar-refractivity contribution in [3.63, 3.8) is 0 Å². The van der Waals surface area contributed by atoms with Crippen molar-refractivity contribution in [3.8, 4) is 17.2 Å². The number of aryl methyl sites for hydroxylation is 1. The fourth-order valence-electron chi connectivity index (χ4n) is 2.19. The summed E-state index contributed by atoms with van der Waals surface area (Å²) >= 11 is 0. The van der Waals surface area contributed by atoms with E-state index in [0.29, 0.717) is 0 Å². The van der Waals surface area contributed by atoms with Crippen molar-refractivity contribution >= 4 is 0 Å². The molecular weight excluding hydrogens is 260 g/mol. The molecule has 4 nitrogen and oxygen atoms in total. The summed E-state index contributed by atoms with van der Waals surface area (Å²) in [5.41, 5.74) is 1.78. The Balaban J connectivity index is 1.98. The van der Waals surface area contributed by atoms with Gasteiger partial charge in [-0.3, -0.25) is 10.00 Å². The first-order chi connectivity index (χ1) is 10.2. The summed E-state index contributed by atoms with van der Waals surface area (Å²) in [6.07, 6.45) is 5.67. The molecule has 0 saturated heterocycles. The van der Waals surface area contributed by atoms with E-state index in [2.05, 4.69) is 35.5 Å². The van der Waals surface area contributed by atoms with Crippen LogP contribution < -0.4 is 5.32 Å². The highest BCUT2D eigenvalue weighted by Crippen LogP contribution is 2.18. The zero-order valence-electron chi connectivity index (χ0n) is 12.7. The average molecular weight is 282 g/mol. The van der Waals surface area contributed by atoms with Gasteiger partial charge in [0.15, 0.2) is 0 Å². The summed E-state index contributed by atoms with van der Waals surface area (Å²) in [5.74, 6) is 0. The first kappa shape index (κ1) is 15.3. The van der Waals surface area contributed by atoms with Gasteiger partial charge in [0.25, 0.3) is 0 Å². The zero-order chi connectivity index (χ0) is 15.1. The van der Waals surface area contributed by atoms with Crippen molar-refractivity contribution in [3.05, 3.63) is 42.7 Å². The molecule has 0 spiro atoms. The van der Waals surface area contributed by atoms with Gasteiger partial charge in [0.1, 0.15) is 5.54 Å². The number of hydrogen-bond donors (Lipinski definition) is 1. The van der Waals surface area contributed by atoms with E-state index in [4.69, 9.17) is 0 Å². The summed E-state index contributed by atoms with van der Waals surface area (Å²) in [6, 6.07) is 12.6. The van der Waals surface area contributed by atoms with Gasteiger partial charge < -0.3 is 0 Å². The molecule has 1 unspecified atom stereocenters. The van der Waals surface area contributed by atoms with Gasteiger partial charge in [-0.05, 0) is 31.9 Å². The van der Waals surface area contributed by atoms with Crippen LogP contribution in [0, 0.1) is 11.3 Å². The summed E-state index contributed by atoms with van der Waals surface area (Å²) < 4.78 is 1.91. The summed E-state index contributed by atoms with van der Waals surface area (Å²) in [4.78, 5) is 0. The molecule has 1 atom stereocenters. The van der Waals surface area contributed by atoms with Crippen LogP contribution in [0.1, 0.15) is 26.7 Å². The summed E-state index contributed by atoms with van der Waals surface area (Å²) in [6.45, 7) is 5.64. The lowest BCUT2D eigenvalue weighted by Crippen LogP contribution is -2.42. The Labute approximate surface area is 126 Å². The number of hydrogen-bond acceptors (Lipinski definition) is 3. The van der Waals surface area contributed by atoms with E-state index >= 15 is 0 Å². The van der Waals surface area contributed by atoms with E-state index in [9.17, 15) is 5.26 Å². The van der Waals surface area contributed by atoms with Gasteiger partial charge in [0.05, 0.1) is 12.3 Å². The fraction of sp³-hybridized carbons (Fsp3) is 0.412. The van der Waals surface area contributed by atoms with Crippen molar-refractivity contribution in [1.82, 2.24) is 15.1 Å². The molecule has 0 aliphatic carbocycles. The Bertz CT molecular complexity index is 597. The number of aromatic nitrogens is 2. The third kappa shape index (κ3) is 4.17. The third-order valence-electron chi connectivity index (χ3n) is 3.59. The predicted octanol–water partition coefficient (Wildman–Crippen LogP) is 3.22. The Hall–Kier alpha value is -2.12. The van der Waals surface area contributed by atoms with Crippen LogP contribution in [0.25, 0.3) is 11.1 Å². The van der Waals surface area contributed by atoms with Crippen LogP contribution in [0.4, 0.5) is 0 Å². The Morgan fingerprint density at radius 1 is 1.29 bits per heavy atom. The lowest BCUT2D eigenvalue weighted by molar-refractivity contribution is 0.383. The second-order valence-corrected chi connectivity index (χ2v) is 5.48. The molecule has 110 valence electrons. The second-order valence-electron chi connectivity index (χ2n) is 5.48. The molecule has 2 aromatic rings. The SMILES string of the molecule is CCCNC(C)(C#N)CCn1cc(-c2ccccc2)cn1. The van der Waals surface area contributed by atoms with E-state index in [1.165, 1.54) is 0 Å². The second kappa shape index (κ2) is 7.05. The molecule has 0 amide bonds. The Morgan fingerprint density at radius 3 is 2.71 bits per heavy atom. The summed E-state index contributed by atoms with van der Waals surface area (Å²) in [5, 5.41) is 17.0. The number of rotatable bonds is 7. The average Bonchev–Trinajstić information content (AvgIpc) is 3.01. The smallest absolute Gasteiger partial charge is 0.105 e. The van der Waals surface area contributed by atoms with E-state index < -0.39 is 5.54 Å². The maximum Gasteiger partial charge on any atom is 0.105 e. The van der Waals surface area contributed by atoms with Crippen LogP contribution in [0.5, 0.6) is 0 Å². The number of nitrogens with zero attached hydrogens (tertiary/aromatic N) is 3. The van der Waals surface area contributed by atoms with Crippen LogP contribution in [0.3, 0.4) is 0 Å². The molecule has 21 heavy (non-hydrogen) atoms. The van der Waals surface area contributed by atoms with Crippen molar-refractivity contribution < 1.29 is 0 Å².